The maximum Gasteiger partial charge on any atom is 0.573 e. The second-order valence-electron chi connectivity index (χ2n) is 3.00. The minimum atomic E-state index is -5.03. The van der Waals surface area contributed by atoms with Gasteiger partial charge >= 0.3 is 6.36 Å². The maximum atomic E-state index is 12.3. The van der Waals surface area contributed by atoms with E-state index in [9.17, 15) is 26.7 Å². The minimum Gasteiger partial charge on any atom is -0.406 e. The van der Waals surface area contributed by atoms with Crippen molar-refractivity contribution in [3.8, 4) is 5.75 Å². The Labute approximate surface area is 92.0 Å². The topological polar surface area (TPSA) is 52.3 Å². The molecule has 0 radical (unpaired) electrons. The maximum absolute atomic E-state index is 12.3. The van der Waals surface area contributed by atoms with E-state index in [1.165, 1.54) is 0 Å². The highest BCUT2D eigenvalue weighted by Gasteiger charge is 2.31. The molecular weight excluding hydrogens is 249 g/mol. The van der Waals surface area contributed by atoms with Gasteiger partial charge in [-0.05, 0) is 18.2 Å². The van der Waals surface area contributed by atoms with E-state index in [0.29, 0.717) is 18.2 Å². The predicted molar refractivity (Wildman–Crippen MR) is 46.6 cm³/mol. The standard InChI is InChI=1S/C9H6F5NO2/c10-7(11)4-1-5(8(15)16)3-6(2-4)17-9(12,13)14/h1-3,7H,(H2,15,16). The minimum absolute atomic E-state index is 0.484. The molecule has 0 fully saturated rings. The van der Waals surface area contributed by atoms with Gasteiger partial charge in [0, 0.05) is 11.1 Å². The van der Waals surface area contributed by atoms with Crippen LogP contribution >= 0.6 is 0 Å². The van der Waals surface area contributed by atoms with Crippen LogP contribution in [0.1, 0.15) is 22.3 Å². The molecule has 0 spiro atoms. The van der Waals surface area contributed by atoms with E-state index in [4.69, 9.17) is 5.73 Å². The Bertz CT molecular complexity index is 430. The van der Waals surface area contributed by atoms with Crippen LogP contribution < -0.4 is 10.5 Å². The summed E-state index contributed by atoms with van der Waals surface area (Å²) in [5.74, 6) is -2.04. The van der Waals surface area contributed by atoms with Crippen LogP contribution in [0.5, 0.6) is 5.75 Å². The summed E-state index contributed by atoms with van der Waals surface area (Å²) in [6.07, 6.45) is -8.07. The Balaban J connectivity index is 3.17. The quantitative estimate of drug-likeness (QED) is 0.844. The van der Waals surface area contributed by atoms with Gasteiger partial charge in [-0.1, -0.05) is 0 Å². The summed E-state index contributed by atoms with van der Waals surface area (Å²) in [7, 11) is 0. The van der Waals surface area contributed by atoms with Crippen LogP contribution in [0.15, 0.2) is 18.2 Å². The fourth-order valence-corrected chi connectivity index (χ4v) is 1.08. The Morgan fingerprint density at radius 3 is 2.24 bits per heavy atom. The van der Waals surface area contributed by atoms with E-state index in [0.717, 1.165) is 0 Å². The molecule has 0 aliphatic heterocycles. The summed E-state index contributed by atoms with van der Waals surface area (Å²) >= 11 is 0. The molecule has 3 nitrogen and oxygen atoms in total. The first-order valence-corrected chi connectivity index (χ1v) is 4.18. The molecule has 0 atom stereocenters. The van der Waals surface area contributed by atoms with Gasteiger partial charge in [0.1, 0.15) is 5.75 Å². The van der Waals surface area contributed by atoms with Crippen LogP contribution in [0.25, 0.3) is 0 Å². The van der Waals surface area contributed by atoms with Crippen molar-refractivity contribution in [1.29, 1.82) is 0 Å². The zero-order chi connectivity index (χ0) is 13.2. The molecule has 1 rings (SSSR count). The Morgan fingerprint density at radius 2 is 1.82 bits per heavy atom. The van der Waals surface area contributed by atoms with Crippen LogP contribution in [-0.4, -0.2) is 12.3 Å². The number of hydrogen-bond donors (Lipinski definition) is 1. The first-order chi connectivity index (χ1) is 7.69. The highest BCUT2D eigenvalue weighted by molar-refractivity contribution is 5.93. The van der Waals surface area contributed by atoms with Gasteiger partial charge < -0.3 is 10.5 Å². The zero-order valence-corrected chi connectivity index (χ0v) is 8.09. The van der Waals surface area contributed by atoms with Crippen molar-refractivity contribution in [3.05, 3.63) is 29.3 Å². The van der Waals surface area contributed by atoms with Crippen LogP contribution in [0.3, 0.4) is 0 Å². The summed E-state index contributed by atoms with van der Waals surface area (Å²) in [5, 5.41) is 0. The molecule has 0 aliphatic carbocycles. The highest BCUT2D eigenvalue weighted by Crippen LogP contribution is 2.29. The molecule has 0 aliphatic rings. The molecule has 0 bridgehead atoms. The van der Waals surface area contributed by atoms with E-state index in [-0.39, 0.29) is 0 Å². The average Bonchev–Trinajstić information content (AvgIpc) is 2.14. The van der Waals surface area contributed by atoms with Gasteiger partial charge in [0.15, 0.2) is 0 Å². The summed E-state index contributed by atoms with van der Waals surface area (Å²) in [6.45, 7) is 0. The second-order valence-corrected chi connectivity index (χ2v) is 3.00. The van der Waals surface area contributed by atoms with E-state index in [2.05, 4.69) is 4.74 Å². The molecular formula is C9H6F5NO2. The summed E-state index contributed by atoms with van der Waals surface area (Å²) in [5.41, 5.74) is 3.53. The first-order valence-electron chi connectivity index (χ1n) is 4.18. The van der Waals surface area contributed by atoms with Gasteiger partial charge in [-0.25, -0.2) is 8.78 Å². The number of carbonyl (C=O) groups excluding carboxylic acids is 1. The lowest BCUT2D eigenvalue weighted by atomic mass is 10.1. The SMILES string of the molecule is NC(=O)c1cc(OC(F)(F)F)cc(C(F)F)c1. The zero-order valence-electron chi connectivity index (χ0n) is 8.09. The van der Waals surface area contributed by atoms with E-state index in [1.54, 1.807) is 0 Å². The molecule has 94 valence electrons. The van der Waals surface area contributed by atoms with Crippen LogP contribution in [0, 0.1) is 0 Å². The van der Waals surface area contributed by atoms with Crippen LogP contribution in [-0.2, 0) is 0 Å². The third-order valence-electron chi connectivity index (χ3n) is 1.70. The van der Waals surface area contributed by atoms with Gasteiger partial charge in [-0.2, -0.15) is 0 Å². The van der Waals surface area contributed by atoms with Crippen molar-refractivity contribution in [3.63, 3.8) is 0 Å². The number of ether oxygens (including phenoxy) is 1. The van der Waals surface area contributed by atoms with Crippen molar-refractivity contribution < 1.29 is 31.5 Å². The predicted octanol–water partition coefficient (Wildman–Crippen LogP) is 2.62. The molecule has 0 saturated carbocycles. The van der Waals surface area contributed by atoms with E-state index in [1.807, 2.05) is 0 Å². The molecule has 0 heterocycles. The number of hydrogen-bond acceptors (Lipinski definition) is 2. The van der Waals surface area contributed by atoms with Crippen LogP contribution in [0.2, 0.25) is 0 Å². The number of alkyl halides is 5. The third-order valence-corrected chi connectivity index (χ3v) is 1.70. The molecule has 1 aromatic carbocycles. The van der Waals surface area contributed by atoms with Crippen molar-refractivity contribution in [1.82, 2.24) is 0 Å². The third kappa shape index (κ3) is 3.89. The highest BCUT2D eigenvalue weighted by atomic mass is 19.4. The second kappa shape index (κ2) is 4.56. The smallest absolute Gasteiger partial charge is 0.406 e. The Hall–Kier alpha value is -1.86. The molecule has 0 saturated heterocycles. The number of primary amides is 1. The molecule has 2 N–H and O–H groups in total. The lowest BCUT2D eigenvalue weighted by molar-refractivity contribution is -0.274. The number of benzene rings is 1. The summed E-state index contributed by atoms with van der Waals surface area (Å²) in [4.78, 5) is 10.7. The van der Waals surface area contributed by atoms with Crippen molar-refractivity contribution in [2.75, 3.05) is 0 Å². The normalized spacial score (nSPS) is 11.6. The van der Waals surface area contributed by atoms with Gasteiger partial charge in [0.2, 0.25) is 5.91 Å². The van der Waals surface area contributed by atoms with Gasteiger partial charge in [-0.15, -0.1) is 13.2 Å². The fraction of sp³-hybridized carbons (Fsp3) is 0.222. The average molecular weight is 255 g/mol. The summed E-state index contributed by atoms with van der Waals surface area (Å²) < 4.78 is 63.8. The van der Waals surface area contributed by atoms with E-state index < -0.39 is 35.6 Å². The molecule has 1 aromatic rings. The number of rotatable bonds is 3. The molecule has 8 heteroatoms. The van der Waals surface area contributed by atoms with Gasteiger partial charge in [0.25, 0.3) is 6.43 Å². The number of carbonyl (C=O) groups is 1. The fourth-order valence-electron chi connectivity index (χ4n) is 1.08. The number of halogens is 5. The van der Waals surface area contributed by atoms with Crippen molar-refractivity contribution in [2.24, 2.45) is 5.73 Å². The molecule has 1 amide bonds. The lowest BCUT2D eigenvalue weighted by Crippen LogP contribution is -2.18. The molecule has 0 unspecified atom stereocenters. The van der Waals surface area contributed by atoms with Crippen molar-refractivity contribution in [2.45, 2.75) is 12.8 Å². The lowest BCUT2D eigenvalue weighted by Gasteiger charge is -2.11. The first kappa shape index (κ1) is 13.2. The Kier molecular flexibility index (Phi) is 3.54. The molecule has 17 heavy (non-hydrogen) atoms. The van der Waals surface area contributed by atoms with Crippen LogP contribution in [0.4, 0.5) is 22.0 Å². The van der Waals surface area contributed by atoms with Gasteiger partial charge in [-0.3, -0.25) is 4.79 Å². The van der Waals surface area contributed by atoms with Gasteiger partial charge in [0.05, 0.1) is 0 Å². The van der Waals surface area contributed by atoms with Crippen molar-refractivity contribution >= 4 is 5.91 Å². The number of amides is 1. The van der Waals surface area contributed by atoms with E-state index >= 15 is 0 Å². The monoisotopic (exact) mass is 255 g/mol. The molecule has 0 aromatic heterocycles. The largest absolute Gasteiger partial charge is 0.573 e. The Morgan fingerprint density at radius 1 is 1.24 bits per heavy atom. The summed E-state index contributed by atoms with van der Waals surface area (Å²) in [6, 6.07) is 1.84. The number of nitrogens with two attached hydrogens (primary N) is 1.